The molecule has 23 heavy (non-hydrogen) atoms. The normalized spacial score (nSPS) is 29.7. The molecule has 0 amide bonds. The van der Waals surface area contributed by atoms with Crippen molar-refractivity contribution in [3.8, 4) is 0 Å². The van der Waals surface area contributed by atoms with Gasteiger partial charge in [0.05, 0.1) is 11.3 Å². The predicted octanol–water partition coefficient (Wildman–Crippen LogP) is 5.12. The summed E-state index contributed by atoms with van der Waals surface area (Å²) >= 11 is 0. The maximum atomic E-state index is 13.2. The van der Waals surface area contributed by atoms with Gasteiger partial charge in [0, 0.05) is 23.5 Å². The minimum atomic E-state index is 0.203. The minimum Gasteiger partial charge on any atom is -0.343 e. The monoisotopic (exact) mass is 305 g/mol. The van der Waals surface area contributed by atoms with E-state index < -0.39 is 0 Å². The lowest BCUT2D eigenvalue weighted by Gasteiger charge is -2.46. The maximum Gasteiger partial charge on any atom is 0.192 e. The van der Waals surface area contributed by atoms with Gasteiger partial charge >= 0.3 is 0 Å². The van der Waals surface area contributed by atoms with Crippen LogP contribution < -0.4 is 0 Å². The van der Waals surface area contributed by atoms with E-state index in [0.29, 0.717) is 5.78 Å². The second-order valence-electron chi connectivity index (χ2n) is 7.88. The fourth-order valence-electron chi connectivity index (χ4n) is 5.69. The van der Waals surface area contributed by atoms with Crippen molar-refractivity contribution in [1.82, 2.24) is 4.57 Å². The number of aromatic nitrogens is 1. The van der Waals surface area contributed by atoms with Crippen molar-refractivity contribution in [3.63, 3.8) is 0 Å². The first-order valence-corrected chi connectivity index (χ1v) is 8.99. The Hall–Kier alpha value is -1.83. The predicted molar refractivity (Wildman–Crippen MR) is 93.5 cm³/mol. The van der Waals surface area contributed by atoms with Gasteiger partial charge in [-0.2, -0.15) is 0 Å². The molecule has 2 nitrogen and oxygen atoms in total. The lowest BCUT2D eigenvalue weighted by atomic mass is 9.58. The van der Waals surface area contributed by atoms with Gasteiger partial charge in [-0.05, 0) is 48.7 Å². The molecule has 0 bridgehead atoms. The summed E-state index contributed by atoms with van der Waals surface area (Å²) in [6.45, 7) is 2.44. The summed E-state index contributed by atoms with van der Waals surface area (Å²) < 4.78 is 2.28. The molecule has 2 heteroatoms. The molecule has 2 atom stereocenters. The van der Waals surface area contributed by atoms with Crippen LogP contribution in [0.2, 0.25) is 0 Å². The first-order valence-electron chi connectivity index (χ1n) is 8.99. The summed E-state index contributed by atoms with van der Waals surface area (Å²) in [4.78, 5) is 13.2. The summed E-state index contributed by atoms with van der Waals surface area (Å²) in [5.41, 5.74) is 6.17. The molecular formula is C21H23NO. The van der Waals surface area contributed by atoms with Crippen LogP contribution >= 0.6 is 0 Å². The van der Waals surface area contributed by atoms with Crippen LogP contribution in [-0.4, -0.2) is 10.4 Å². The summed E-state index contributed by atoms with van der Waals surface area (Å²) in [5.74, 6) is 1.07. The van der Waals surface area contributed by atoms with Gasteiger partial charge in [0.2, 0.25) is 0 Å². The second kappa shape index (κ2) is 4.37. The van der Waals surface area contributed by atoms with Crippen molar-refractivity contribution in [3.05, 3.63) is 41.1 Å². The van der Waals surface area contributed by atoms with Crippen molar-refractivity contribution in [2.75, 3.05) is 0 Å². The quantitative estimate of drug-likeness (QED) is 0.662. The molecule has 3 aliphatic carbocycles. The zero-order valence-electron chi connectivity index (χ0n) is 14.0. The van der Waals surface area contributed by atoms with Crippen molar-refractivity contribution >= 4 is 22.3 Å². The van der Waals surface area contributed by atoms with Gasteiger partial charge in [-0.25, -0.2) is 0 Å². The van der Waals surface area contributed by atoms with Crippen molar-refractivity contribution in [2.45, 2.75) is 45.4 Å². The number of rotatable bonds is 0. The van der Waals surface area contributed by atoms with Crippen LogP contribution in [0, 0.1) is 11.3 Å². The van der Waals surface area contributed by atoms with E-state index in [9.17, 15) is 4.79 Å². The summed E-state index contributed by atoms with van der Waals surface area (Å²) in [6, 6.07) is 8.39. The summed E-state index contributed by atoms with van der Waals surface area (Å²) in [7, 11) is 2.14. The SMILES string of the molecule is Cn1c2c(c3ccccc31)C(=O)C1=C2[C@@]2(C)CCCC[C@@H]2CC1. The second-order valence-corrected chi connectivity index (χ2v) is 7.88. The number of Topliss-reactive ketones (excluding diaryl/α,β-unsaturated/α-hetero) is 1. The fraction of sp³-hybridized carbons (Fsp3) is 0.476. The van der Waals surface area contributed by atoms with E-state index in [1.165, 1.54) is 48.9 Å². The fourth-order valence-corrected chi connectivity index (χ4v) is 5.69. The number of para-hydroxylation sites is 1. The van der Waals surface area contributed by atoms with Gasteiger partial charge in [-0.15, -0.1) is 0 Å². The van der Waals surface area contributed by atoms with Crippen molar-refractivity contribution in [1.29, 1.82) is 0 Å². The molecule has 118 valence electrons. The van der Waals surface area contributed by atoms with Crippen LogP contribution in [0.15, 0.2) is 29.8 Å². The van der Waals surface area contributed by atoms with E-state index in [4.69, 9.17) is 0 Å². The van der Waals surface area contributed by atoms with Gasteiger partial charge in [-0.3, -0.25) is 4.79 Å². The Morgan fingerprint density at radius 1 is 1.17 bits per heavy atom. The number of carbonyl (C=O) groups is 1. The number of ketones is 1. The smallest absolute Gasteiger partial charge is 0.192 e. The molecular weight excluding hydrogens is 282 g/mol. The molecule has 0 N–H and O–H groups in total. The van der Waals surface area contributed by atoms with Crippen molar-refractivity contribution in [2.24, 2.45) is 18.4 Å². The molecule has 5 rings (SSSR count). The highest BCUT2D eigenvalue weighted by Crippen LogP contribution is 2.60. The average Bonchev–Trinajstić information content (AvgIpc) is 3.02. The Kier molecular flexibility index (Phi) is 2.58. The highest BCUT2D eigenvalue weighted by Gasteiger charge is 2.50. The van der Waals surface area contributed by atoms with Crippen LogP contribution in [-0.2, 0) is 7.05 Å². The van der Waals surface area contributed by atoms with E-state index in [1.807, 2.05) is 0 Å². The van der Waals surface area contributed by atoms with Crippen LogP contribution in [0.5, 0.6) is 0 Å². The molecule has 1 saturated carbocycles. The number of hydrogen-bond acceptors (Lipinski definition) is 1. The Labute approximate surface area is 137 Å². The Bertz CT molecular complexity index is 885. The molecule has 1 fully saturated rings. The lowest BCUT2D eigenvalue weighted by molar-refractivity contribution is 0.102. The molecule has 2 aromatic rings. The minimum absolute atomic E-state index is 0.203. The van der Waals surface area contributed by atoms with E-state index in [0.717, 1.165) is 28.9 Å². The maximum absolute atomic E-state index is 13.2. The molecule has 0 spiro atoms. The molecule has 0 radical (unpaired) electrons. The Morgan fingerprint density at radius 3 is 2.87 bits per heavy atom. The third-order valence-electron chi connectivity index (χ3n) is 6.86. The van der Waals surface area contributed by atoms with Gasteiger partial charge in [0.15, 0.2) is 5.78 Å². The Morgan fingerprint density at radius 2 is 2.00 bits per heavy atom. The van der Waals surface area contributed by atoms with Crippen LogP contribution in [0.1, 0.15) is 61.5 Å². The molecule has 1 aromatic heterocycles. The Balaban J connectivity index is 1.84. The standard InChI is InChI=1S/C21H23NO/c1-21-12-6-5-7-13(21)10-11-15-18(21)19-17(20(15)23)14-8-3-4-9-16(14)22(19)2/h3-4,8-9,13H,5-7,10-12H2,1-2H3/t13-,21+/m1/s1. The van der Waals surface area contributed by atoms with E-state index in [1.54, 1.807) is 0 Å². The zero-order chi connectivity index (χ0) is 15.8. The van der Waals surface area contributed by atoms with Crippen molar-refractivity contribution < 1.29 is 4.79 Å². The molecule has 3 aliphatic rings. The largest absolute Gasteiger partial charge is 0.343 e. The van der Waals surface area contributed by atoms with Gasteiger partial charge in [0.1, 0.15) is 0 Å². The molecule has 0 unspecified atom stereocenters. The van der Waals surface area contributed by atoms with E-state index in [2.05, 4.69) is 42.8 Å². The number of nitrogens with zero attached hydrogens (tertiary/aromatic N) is 1. The summed E-state index contributed by atoms with van der Waals surface area (Å²) in [5, 5.41) is 1.14. The number of carbonyl (C=O) groups excluding carboxylic acids is 1. The number of hydrogen-bond donors (Lipinski definition) is 0. The first-order chi connectivity index (χ1) is 11.1. The average molecular weight is 305 g/mol. The first kappa shape index (κ1) is 13.6. The lowest BCUT2D eigenvalue weighted by Crippen LogP contribution is -2.35. The number of fused-ring (bicyclic) bond motifs is 6. The van der Waals surface area contributed by atoms with E-state index in [-0.39, 0.29) is 5.41 Å². The van der Waals surface area contributed by atoms with Crippen LogP contribution in [0.4, 0.5) is 0 Å². The third-order valence-corrected chi connectivity index (χ3v) is 6.86. The van der Waals surface area contributed by atoms with Gasteiger partial charge in [-0.1, -0.05) is 38.0 Å². The zero-order valence-corrected chi connectivity index (χ0v) is 14.0. The number of allylic oxidation sites excluding steroid dienone is 2. The molecule has 0 aliphatic heterocycles. The third kappa shape index (κ3) is 1.52. The van der Waals surface area contributed by atoms with Crippen LogP contribution in [0.3, 0.4) is 0 Å². The number of aryl methyl sites for hydroxylation is 1. The number of benzene rings is 1. The van der Waals surface area contributed by atoms with Gasteiger partial charge in [0.25, 0.3) is 0 Å². The topological polar surface area (TPSA) is 22.0 Å². The molecule has 1 heterocycles. The summed E-state index contributed by atoms with van der Waals surface area (Å²) in [6.07, 6.45) is 7.42. The highest BCUT2D eigenvalue weighted by molar-refractivity contribution is 6.27. The molecule has 0 saturated heterocycles. The molecule has 1 aromatic carbocycles. The van der Waals surface area contributed by atoms with E-state index >= 15 is 0 Å². The van der Waals surface area contributed by atoms with Crippen LogP contribution in [0.25, 0.3) is 16.5 Å². The highest BCUT2D eigenvalue weighted by atomic mass is 16.1. The van der Waals surface area contributed by atoms with Gasteiger partial charge < -0.3 is 4.57 Å².